The summed E-state index contributed by atoms with van der Waals surface area (Å²) in [6.07, 6.45) is 3.41. The van der Waals surface area contributed by atoms with E-state index in [2.05, 4.69) is 10.3 Å². The van der Waals surface area contributed by atoms with Gasteiger partial charge in [0.15, 0.2) is 0 Å². The number of rotatable bonds is 3. The fourth-order valence-electron chi connectivity index (χ4n) is 1.63. The zero-order chi connectivity index (χ0) is 13.1. The Kier molecular flexibility index (Phi) is 3.14. The maximum atomic E-state index is 11.2. The molecule has 0 saturated heterocycles. The molecule has 0 radical (unpaired) electrons. The lowest BCUT2D eigenvalue weighted by molar-refractivity contribution is 0.100. The summed E-state index contributed by atoms with van der Waals surface area (Å²) in [6.45, 7) is 1.96. The van der Waals surface area contributed by atoms with E-state index in [1.807, 2.05) is 13.0 Å². The number of nitrogens with two attached hydrogens (primary N) is 2. The zero-order valence-corrected chi connectivity index (χ0v) is 9.97. The Hall–Kier alpha value is -2.56. The lowest BCUT2D eigenvalue weighted by atomic mass is 10.1. The fourth-order valence-corrected chi connectivity index (χ4v) is 1.63. The van der Waals surface area contributed by atoms with Gasteiger partial charge < -0.3 is 16.8 Å². The molecule has 1 aromatic heterocycles. The van der Waals surface area contributed by atoms with Gasteiger partial charge in [-0.3, -0.25) is 9.78 Å². The Labute approximate surface area is 105 Å². The Morgan fingerprint density at radius 1 is 1.28 bits per heavy atom. The summed E-state index contributed by atoms with van der Waals surface area (Å²) in [6, 6.07) is 6.99. The number of nitrogens with one attached hydrogen (secondary N) is 1. The number of anilines is 3. The number of carbonyl (C=O) groups excluding carboxylic acids is 1. The van der Waals surface area contributed by atoms with E-state index in [4.69, 9.17) is 11.5 Å². The van der Waals surface area contributed by atoms with Crippen LogP contribution in [-0.2, 0) is 0 Å². The highest BCUT2D eigenvalue weighted by Gasteiger charge is 2.10. The van der Waals surface area contributed by atoms with Crippen LogP contribution in [0.2, 0.25) is 0 Å². The molecule has 92 valence electrons. The van der Waals surface area contributed by atoms with Crippen molar-refractivity contribution in [3.8, 4) is 0 Å². The number of hydrogen-bond acceptors (Lipinski definition) is 4. The van der Waals surface area contributed by atoms with Gasteiger partial charge in [0.2, 0.25) is 0 Å². The molecule has 5 nitrogen and oxygen atoms in total. The number of carbonyl (C=O) groups is 1. The van der Waals surface area contributed by atoms with Crippen molar-refractivity contribution in [2.75, 3.05) is 11.1 Å². The molecule has 0 aliphatic heterocycles. The number of benzene rings is 1. The smallest absolute Gasteiger partial charge is 0.250 e. The normalized spacial score (nSPS) is 10.1. The van der Waals surface area contributed by atoms with E-state index in [-0.39, 0.29) is 0 Å². The first kappa shape index (κ1) is 11.9. The minimum absolute atomic E-state index is 0.307. The van der Waals surface area contributed by atoms with Crippen LogP contribution in [0.4, 0.5) is 17.1 Å². The minimum atomic E-state index is -0.543. The second-order valence-corrected chi connectivity index (χ2v) is 3.95. The van der Waals surface area contributed by atoms with Crippen molar-refractivity contribution < 1.29 is 4.79 Å². The highest BCUT2D eigenvalue weighted by Crippen LogP contribution is 2.27. The molecule has 0 fully saturated rings. The first-order valence-electron chi connectivity index (χ1n) is 5.45. The largest absolute Gasteiger partial charge is 0.396 e. The van der Waals surface area contributed by atoms with Crippen molar-refractivity contribution in [3.63, 3.8) is 0 Å². The summed E-state index contributed by atoms with van der Waals surface area (Å²) in [7, 11) is 0. The quantitative estimate of drug-likeness (QED) is 0.715. The predicted molar refractivity (Wildman–Crippen MR) is 71.6 cm³/mol. The van der Waals surface area contributed by atoms with Crippen molar-refractivity contribution in [1.82, 2.24) is 4.98 Å². The summed E-state index contributed by atoms with van der Waals surface area (Å²) in [5.74, 6) is -0.543. The lowest BCUT2D eigenvalue weighted by Crippen LogP contribution is -2.14. The lowest BCUT2D eigenvalue weighted by Gasteiger charge is -2.12. The monoisotopic (exact) mass is 242 g/mol. The average Bonchev–Trinajstić information content (AvgIpc) is 2.34. The molecule has 0 unspecified atom stereocenters. The first-order chi connectivity index (χ1) is 8.59. The molecular weight excluding hydrogens is 228 g/mol. The molecule has 0 atom stereocenters. The number of pyridine rings is 1. The van der Waals surface area contributed by atoms with E-state index in [1.54, 1.807) is 30.6 Å². The number of nitrogen functional groups attached to an aromatic ring is 1. The summed E-state index contributed by atoms with van der Waals surface area (Å²) < 4.78 is 0. The molecule has 0 bridgehead atoms. The van der Waals surface area contributed by atoms with Crippen molar-refractivity contribution in [2.45, 2.75) is 6.92 Å². The van der Waals surface area contributed by atoms with Gasteiger partial charge in [0.25, 0.3) is 5.91 Å². The van der Waals surface area contributed by atoms with E-state index < -0.39 is 5.91 Å². The maximum absolute atomic E-state index is 11.2. The molecule has 0 aliphatic carbocycles. The molecule has 0 spiro atoms. The van der Waals surface area contributed by atoms with E-state index in [0.717, 1.165) is 11.3 Å². The fraction of sp³-hybridized carbons (Fsp3) is 0.0769. The number of aryl methyl sites for hydroxylation is 1. The van der Waals surface area contributed by atoms with Gasteiger partial charge in [-0.05, 0) is 30.7 Å². The molecule has 2 rings (SSSR count). The molecule has 5 heteroatoms. The van der Waals surface area contributed by atoms with Crippen molar-refractivity contribution in [3.05, 3.63) is 47.8 Å². The van der Waals surface area contributed by atoms with Crippen LogP contribution in [0.3, 0.4) is 0 Å². The van der Waals surface area contributed by atoms with Crippen LogP contribution in [-0.4, -0.2) is 10.9 Å². The van der Waals surface area contributed by atoms with Crippen molar-refractivity contribution in [1.29, 1.82) is 0 Å². The van der Waals surface area contributed by atoms with Crippen LogP contribution in [0, 0.1) is 6.92 Å². The Morgan fingerprint density at radius 2 is 2.06 bits per heavy atom. The third-order valence-electron chi connectivity index (χ3n) is 2.68. The molecule has 18 heavy (non-hydrogen) atoms. The van der Waals surface area contributed by atoms with Gasteiger partial charge in [-0.2, -0.15) is 0 Å². The second kappa shape index (κ2) is 4.75. The average molecular weight is 242 g/mol. The summed E-state index contributed by atoms with van der Waals surface area (Å²) in [4.78, 5) is 15.2. The van der Waals surface area contributed by atoms with Crippen LogP contribution in [0.5, 0.6) is 0 Å². The number of para-hydroxylation sites is 1. The van der Waals surface area contributed by atoms with Crippen LogP contribution >= 0.6 is 0 Å². The van der Waals surface area contributed by atoms with E-state index in [9.17, 15) is 4.79 Å². The van der Waals surface area contributed by atoms with Crippen LogP contribution < -0.4 is 16.8 Å². The van der Waals surface area contributed by atoms with Gasteiger partial charge in [-0.25, -0.2) is 0 Å². The minimum Gasteiger partial charge on any atom is -0.396 e. The van der Waals surface area contributed by atoms with Crippen LogP contribution in [0.1, 0.15) is 15.9 Å². The highest BCUT2D eigenvalue weighted by atomic mass is 16.1. The number of amides is 1. The van der Waals surface area contributed by atoms with Gasteiger partial charge in [0, 0.05) is 6.20 Å². The van der Waals surface area contributed by atoms with E-state index >= 15 is 0 Å². The third kappa shape index (κ3) is 2.24. The summed E-state index contributed by atoms with van der Waals surface area (Å²) >= 11 is 0. The van der Waals surface area contributed by atoms with Crippen LogP contribution in [0.25, 0.3) is 0 Å². The molecule has 1 heterocycles. The number of nitrogens with zero attached hydrogens (tertiary/aromatic N) is 1. The molecular formula is C13H14N4O. The Balaban J connectivity index is 2.39. The van der Waals surface area contributed by atoms with E-state index in [1.165, 1.54) is 0 Å². The number of hydrogen-bond donors (Lipinski definition) is 3. The van der Waals surface area contributed by atoms with Gasteiger partial charge >= 0.3 is 0 Å². The molecule has 1 amide bonds. The third-order valence-corrected chi connectivity index (χ3v) is 2.68. The van der Waals surface area contributed by atoms with Crippen molar-refractivity contribution in [2.24, 2.45) is 5.73 Å². The SMILES string of the molecule is Cc1ccncc1Nc1cccc(C(N)=O)c1N. The summed E-state index contributed by atoms with van der Waals surface area (Å²) in [5.41, 5.74) is 14.3. The van der Waals surface area contributed by atoms with Gasteiger partial charge in [-0.15, -0.1) is 0 Å². The van der Waals surface area contributed by atoms with Crippen molar-refractivity contribution >= 4 is 23.0 Å². The topological polar surface area (TPSA) is 94.0 Å². The van der Waals surface area contributed by atoms with E-state index in [0.29, 0.717) is 16.9 Å². The molecule has 1 aromatic carbocycles. The highest BCUT2D eigenvalue weighted by molar-refractivity contribution is 6.01. The van der Waals surface area contributed by atoms with Gasteiger partial charge in [0.05, 0.1) is 28.8 Å². The first-order valence-corrected chi connectivity index (χ1v) is 5.45. The predicted octanol–water partition coefficient (Wildman–Crippen LogP) is 1.81. The Morgan fingerprint density at radius 3 is 2.72 bits per heavy atom. The maximum Gasteiger partial charge on any atom is 0.250 e. The standard InChI is InChI=1S/C13H14N4O/c1-8-5-6-16-7-11(8)17-10-4-2-3-9(12(10)14)13(15)18/h2-7,17H,14H2,1H3,(H2,15,18). The Bertz CT molecular complexity index is 595. The van der Waals surface area contributed by atoms with Gasteiger partial charge in [-0.1, -0.05) is 6.07 Å². The number of primary amides is 1. The molecule has 2 aromatic rings. The van der Waals surface area contributed by atoms with Gasteiger partial charge in [0.1, 0.15) is 0 Å². The molecule has 0 saturated carbocycles. The second-order valence-electron chi connectivity index (χ2n) is 3.95. The van der Waals surface area contributed by atoms with Crippen LogP contribution in [0.15, 0.2) is 36.7 Å². The number of aromatic nitrogens is 1. The molecule has 5 N–H and O–H groups in total. The summed E-state index contributed by atoms with van der Waals surface area (Å²) in [5, 5.41) is 3.14. The zero-order valence-electron chi connectivity index (χ0n) is 9.97. The molecule has 0 aliphatic rings.